The molecule has 1 aromatic rings. The Morgan fingerprint density at radius 1 is 1.25 bits per heavy atom. The predicted molar refractivity (Wildman–Crippen MR) is 79.4 cm³/mol. The minimum absolute atomic E-state index is 0.206. The number of benzene rings is 1. The van der Waals surface area contributed by atoms with E-state index in [9.17, 15) is 5.11 Å². The molecule has 0 spiro atoms. The van der Waals surface area contributed by atoms with Gasteiger partial charge in [-0.2, -0.15) is 0 Å². The van der Waals surface area contributed by atoms with Crippen molar-refractivity contribution in [3.8, 4) is 5.75 Å². The van der Waals surface area contributed by atoms with E-state index in [-0.39, 0.29) is 6.61 Å². The molecule has 0 unspecified atom stereocenters. The second-order valence-electron chi connectivity index (χ2n) is 5.12. The van der Waals surface area contributed by atoms with Crippen LogP contribution in [-0.2, 0) is 0 Å². The van der Waals surface area contributed by atoms with E-state index < -0.39 is 6.10 Å². The maximum atomic E-state index is 10.0. The number of ether oxygens (including phenoxy) is 1. The average molecular weight is 280 g/mol. The lowest BCUT2D eigenvalue weighted by Gasteiger charge is -2.37. The molecule has 1 aromatic carbocycles. The largest absolute Gasteiger partial charge is 0.496 e. The Morgan fingerprint density at radius 3 is 2.50 bits per heavy atom. The molecule has 0 amide bonds. The highest BCUT2D eigenvalue weighted by atomic mass is 16.5. The first kappa shape index (κ1) is 15.1. The van der Waals surface area contributed by atoms with E-state index in [0.717, 1.165) is 49.7 Å². The summed E-state index contributed by atoms with van der Waals surface area (Å²) in [6.45, 7) is 6.35. The summed E-state index contributed by atoms with van der Waals surface area (Å²) in [5.74, 6) is 0.732. The highest BCUT2D eigenvalue weighted by Gasteiger charge is 2.22. The fourth-order valence-electron chi connectivity index (χ4n) is 2.76. The van der Waals surface area contributed by atoms with Gasteiger partial charge >= 0.3 is 0 Å². The van der Waals surface area contributed by atoms with Gasteiger partial charge in [0, 0.05) is 44.0 Å². The zero-order chi connectivity index (χ0) is 14.5. The predicted octanol–water partition coefficient (Wildman–Crippen LogP) is 0.863. The summed E-state index contributed by atoms with van der Waals surface area (Å²) in [5, 5.41) is 19.0. The summed E-state index contributed by atoms with van der Waals surface area (Å²) in [4.78, 5) is 4.52. The third-order valence-corrected chi connectivity index (χ3v) is 3.81. The van der Waals surface area contributed by atoms with E-state index >= 15 is 0 Å². The van der Waals surface area contributed by atoms with Gasteiger partial charge in [-0.05, 0) is 19.1 Å². The quantitative estimate of drug-likeness (QED) is 0.838. The summed E-state index contributed by atoms with van der Waals surface area (Å²) in [7, 11) is 1.63. The van der Waals surface area contributed by atoms with Crippen LogP contribution in [-0.4, -0.2) is 61.6 Å². The van der Waals surface area contributed by atoms with Crippen LogP contribution in [0.2, 0.25) is 0 Å². The van der Waals surface area contributed by atoms with E-state index in [2.05, 4.69) is 9.80 Å². The summed E-state index contributed by atoms with van der Waals surface area (Å²) < 4.78 is 5.37. The fraction of sp³-hybridized carbons (Fsp3) is 0.600. The van der Waals surface area contributed by atoms with Gasteiger partial charge in [0.15, 0.2) is 0 Å². The fourth-order valence-corrected chi connectivity index (χ4v) is 2.76. The molecule has 20 heavy (non-hydrogen) atoms. The van der Waals surface area contributed by atoms with Gasteiger partial charge in [-0.3, -0.25) is 4.90 Å². The van der Waals surface area contributed by atoms with Crippen molar-refractivity contribution in [2.45, 2.75) is 13.0 Å². The molecule has 0 bridgehead atoms. The van der Waals surface area contributed by atoms with Gasteiger partial charge in [0.05, 0.1) is 19.8 Å². The van der Waals surface area contributed by atoms with Crippen LogP contribution >= 0.6 is 0 Å². The zero-order valence-electron chi connectivity index (χ0n) is 12.2. The number of aliphatic hydroxyl groups is 2. The highest BCUT2D eigenvalue weighted by Crippen LogP contribution is 2.34. The molecule has 1 aliphatic heterocycles. The summed E-state index contributed by atoms with van der Waals surface area (Å²) >= 11 is 0. The van der Waals surface area contributed by atoms with Gasteiger partial charge < -0.3 is 19.8 Å². The van der Waals surface area contributed by atoms with Crippen LogP contribution in [0.4, 0.5) is 5.69 Å². The Bertz CT molecular complexity index is 429. The number of hydrogen-bond acceptors (Lipinski definition) is 5. The van der Waals surface area contributed by atoms with Gasteiger partial charge in [0.2, 0.25) is 0 Å². The van der Waals surface area contributed by atoms with Crippen molar-refractivity contribution in [1.82, 2.24) is 4.90 Å². The van der Waals surface area contributed by atoms with E-state index in [0.29, 0.717) is 0 Å². The third kappa shape index (κ3) is 3.23. The SMILES string of the molecule is COc1cccc(N2CCN(CCO)CC2)c1[C@H](C)O. The summed E-state index contributed by atoms with van der Waals surface area (Å²) in [6, 6.07) is 5.87. The molecule has 1 fully saturated rings. The molecule has 1 aliphatic rings. The standard InChI is InChI=1S/C15H24N2O3/c1-12(19)15-13(4-3-5-14(15)20-2)17-8-6-16(7-9-17)10-11-18/h3-5,12,18-19H,6-11H2,1-2H3/t12-/m0/s1. The first-order valence-electron chi connectivity index (χ1n) is 7.10. The minimum atomic E-state index is -0.559. The highest BCUT2D eigenvalue weighted by molar-refractivity contribution is 5.60. The van der Waals surface area contributed by atoms with Crippen molar-refractivity contribution in [2.24, 2.45) is 0 Å². The van der Waals surface area contributed by atoms with Gasteiger partial charge in [-0.1, -0.05) is 6.07 Å². The van der Waals surface area contributed by atoms with Gasteiger partial charge in [0.25, 0.3) is 0 Å². The molecule has 0 aromatic heterocycles. The average Bonchev–Trinajstić information content (AvgIpc) is 2.47. The summed E-state index contributed by atoms with van der Waals surface area (Å²) in [5.41, 5.74) is 1.90. The number of β-amino-alcohol motifs (C(OH)–C–C–N with tert-alkyl or cyclic N) is 1. The van der Waals surface area contributed by atoms with Crippen LogP contribution in [0.5, 0.6) is 5.75 Å². The number of aliphatic hydroxyl groups excluding tert-OH is 2. The first-order valence-corrected chi connectivity index (χ1v) is 7.10. The number of piperazine rings is 1. The molecule has 2 N–H and O–H groups in total. The Labute approximate surface area is 120 Å². The molecule has 1 atom stereocenters. The molecule has 1 saturated heterocycles. The minimum Gasteiger partial charge on any atom is -0.496 e. The molecule has 0 aliphatic carbocycles. The molecule has 0 radical (unpaired) electrons. The summed E-state index contributed by atoms with van der Waals surface area (Å²) in [6.07, 6.45) is -0.559. The molecular weight excluding hydrogens is 256 g/mol. The molecule has 112 valence electrons. The number of methoxy groups -OCH3 is 1. The normalized spacial score (nSPS) is 18.1. The second kappa shape index (κ2) is 6.92. The Balaban J connectivity index is 2.17. The maximum absolute atomic E-state index is 10.0. The van der Waals surface area contributed by atoms with Crippen molar-refractivity contribution in [3.05, 3.63) is 23.8 Å². The number of hydrogen-bond donors (Lipinski definition) is 2. The Hall–Kier alpha value is -1.30. The lowest BCUT2D eigenvalue weighted by Crippen LogP contribution is -2.47. The van der Waals surface area contributed by atoms with Crippen molar-refractivity contribution in [1.29, 1.82) is 0 Å². The van der Waals surface area contributed by atoms with Crippen LogP contribution < -0.4 is 9.64 Å². The molecule has 2 rings (SSSR count). The second-order valence-corrected chi connectivity index (χ2v) is 5.12. The van der Waals surface area contributed by atoms with Gasteiger partial charge in [0.1, 0.15) is 5.75 Å². The maximum Gasteiger partial charge on any atom is 0.126 e. The van der Waals surface area contributed by atoms with E-state index in [1.165, 1.54) is 0 Å². The van der Waals surface area contributed by atoms with Crippen molar-refractivity contribution < 1.29 is 14.9 Å². The van der Waals surface area contributed by atoms with Gasteiger partial charge in [-0.15, -0.1) is 0 Å². The van der Waals surface area contributed by atoms with Crippen LogP contribution in [0.15, 0.2) is 18.2 Å². The molecule has 5 heteroatoms. The molecular formula is C15H24N2O3. The number of rotatable bonds is 5. The number of nitrogens with zero attached hydrogens (tertiary/aromatic N) is 2. The third-order valence-electron chi connectivity index (χ3n) is 3.81. The number of anilines is 1. The van der Waals surface area contributed by atoms with Gasteiger partial charge in [-0.25, -0.2) is 0 Å². The monoisotopic (exact) mass is 280 g/mol. The Kier molecular flexibility index (Phi) is 5.23. The molecule has 0 saturated carbocycles. The first-order chi connectivity index (χ1) is 9.67. The van der Waals surface area contributed by atoms with Crippen molar-refractivity contribution in [2.75, 3.05) is 51.3 Å². The topological polar surface area (TPSA) is 56.2 Å². The van der Waals surface area contributed by atoms with Crippen LogP contribution in [0.25, 0.3) is 0 Å². The van der Waals surface area contributed by atoms with Crippen LogP contribution in [0.1, 0.15) is 18.6 Å². The molecule has 5 nitrogen and oxygen atoms in total. The van der Waals surface area contributed by atoms with E-state index in [4.69, 9.17) is 9.84 Å². The Morgan fingerprint density at radius 2 is 1.95 bits per heavy atom. The van der Waals surface area contributed by atoms with Crippen LogP contribution in [0, 0.1) is 0 Å². The lowest BCUT2D eigenvalue weighted by molar-refractivity contribution is 0.186. The van der Waals surface area contributed by atoms with Crippen molar-refractivity contribution >= 4 is 5.69 Å². The smallest absolute Gasteiger partial charge is 0.126 e. The lowest BCUT2D eigenvalue weighted by atomic mass is 10.0. The van der Waals surface area contributed by atoms with E-state index in [1.807, 2.05) is 18.2 Å². The molecule has 1 heterocycles. The zero-order valence-corrected chi connectivity index (χ0v) is 12.2. The van der Waals surface area contributed by atoms with Crippen LogP contribution in [0.3, 0.4) is 0 Å². The van der Waals surface area contributed by atoms with E-state index in [1.54, 1.807) is 14.0 Å². The van der Waals surface area contributed by atoms with Crippen molar-refractivity contribution in [3.63, 3.8) is 0 Å².